The molecule has 1 atom stereocenters. The van der Waals surface area contributed by atoms with E-state index in [-0.39, 0.29) is 11.8 Å². The number of carbonyl (C=O) groups is 1. The molecule has 0 aromatic carbocycles. The number of hydrogen-bond donors (Lipinski definition) is 1. The van der Waals surface area contributed by atoms with Crippen LogP contribution in [-0.4, -0.2) is 48.0 Å². The number of ether oxygens (including phenoxy) is 1. The predicted octanol–water partition coefficient (Wildman–Crippen LogP) is 1.50. The first-order valence-corrected chi connectivity index (χ1v) is 6.25. The highest BCUT2D eigenvalue weighted by Crippen LogP contribution is 2.15. The maximum absolute atomic E-state index is 11.9. The molecule has 0 aromatic rings. The van der Waals surface area contributed by atoms with E-state index in [0.717, 1.165) is 12.1 Å². The number of nitrogens with zero attached hydrogens (tertiary/aromatic N) is 2. The molecule has 0 saturated carbocycles. The van der Waals surface area contributed by atoms with Crippen molar-refractivity contribution in [1.82, 2.24) is 4.90 Å². The zero-order chi connectivity index (χ0) is 12.7. The van der Waals surface area contributed by atoms with Crippen LogP contribution in [0.5, 0.6) is 0 Å². The summed E-state index contributed by atoms with van der Waals surface area (Å²) in [5, 5.41) is 12.0. The largest absolute Gasteiger partial charge is 0.411 e. The summed E-state index contributed by atoms with van der Waals surface area (Å²) in [5.74, 6) is 0.332. The van der Waals surface area contributed by atoms with Gasteiger partial charge in [0.2, 0.25) is 5.91 Å². The van der Waals surface area contributed by atoms with Crippen LogP contribution in [0.4, 0.5) is 0 Å². The molecular weight excluding hydrogens is 220 g/mol. The highest BCUT2D eigenvalue weighted by Gasteiger charge is 2.25. The minimum Gasteiger partial charge on any atom is -0.411 e. The van der Waals surface area contributed by atoms with Crippen molar-refractivity contribution in [3.63, 3.8) is 0 Å². The van der Waals surface area contributed by atoms with E-state index >= 15 is 0 Å². The van der Waals surface area contributed by atoms with Crippen molar-refractivity contribution in [2.45, 2.75) is 33.1 Å². The molecule has 1 rings (SSSR count). The molecule has 1 aliphatic rings. The Hall–Kier alpha value is -1.10. The smallest absolute Gasteiger partial charge is 0.222 e. The molecule has 5 heteroatoms. The molecule has 1 amide bonds. The zero-order valence-electron chi connectivity index (χ0n) is 10.7. The van der Waals surface area contributed by atoms with Gasteiger partial charge in [0.1, 0.15) is 0 Å². The van der Waals surface area contributed by atoms with E-state index in [4.69, 9.17) is 9.94 Å². The van der Waals surface area contributed by atoms with Crippen molar-refractivity contribution < 1.29 is 14.7 Å². The molecule has 1 aliphatic heterocycles. The predicted molar refractivity (Wildman–Crippen MR) is 65.3 cm³/mol. The van der Waals surface area contributed by atoms with Crippen LogP contribution in [0.25, 0.3) is 0 Å². The molecule has 1 saturated heterocycles. The number of carbonyl (C=O) groups excluding carboxylic acids is 1. The van der Waals surface area contributed by atoms with Gasteiger partial charge in [0, 0.05) is 45.1 Å². The van der Waals surface area contributed by atoms with Gasteiger partial charge in [0.05, 0.1) is 5.71 Å². The molecule has 1 unspecified atom stereocenters. The number of rotatable bonds is 5. The lowest BCUT2D eigenvalue weighted by Gasteiger charge is -2.31. The third-order valence-electron chi connectivity index (χ3n) is 3.07. The second-order valence-corrected chi connectivity index (χ2v) is 4.38. The van der Waals surface area contributed by atoms with Crippen LogP contribution in [0.1, 0.15) is 33.1 Å². The molecule has 1 N–H and O–H groups in total. The van der Waals surface area contributed by atoms with Crippen LogP contribution in [0, 0.1) is 5.92 Å². The SMILES string of the molecule is CCOCCCC(=O)N1CCC(=NO)C(C)C1. The van der Waals surface area contributed by atoms with Crippen molar-refractivity contribution in [3.05, 3.63) is 0 Å². The van der Waals surface area contributed by atoms with E-state index < -0.39 is 0 Å². The third kappa shape index (κ3) is 4.34. The maximum Gasteiger partial charge on any atom is 0.222 e. The Bertz CT molecular complexity index is 279. The van der Waals surface area contributed by atoms with E-state index in [2.05, 4.69) is 5.16 Å². The van der Waals surface area contributed by atoms with Gasteiger partial charge in [-0.2, -0.15) is 0 Å². The summed E-state index contributed by atoms with van der Waals surface area (Å²) in [7, 11) is 0. The Balaban J connectivity index is 2.29. The Morgan fingerprint density at radius 2 is 2.41 bits per heavy atom. The number of oxime groups is 1. The van der Waals surface area contributed by atoms with E-state index in [1.165, 1.54) is 0 Å². The van der Waals surface area contributed by atoms with E-state index in [0.29, 0.717) is 39.1 Å². The molecule has 17 heavy (non-hydrogen) atoms. The summed E-state index contributed by atoms with van der Waals surface area (Å²) in [6, 6.07) is 0. The van der Waals surface area contributed by atoms with Crippen LogP contribution in [0.15, 0.2) is 5.16 Å². The summed E-state index contributed by atoms with van der Waals surface area (Å²) in [6.07, 6.45) is 1.99. The fourth-order valence-corrected chi connectivity index (χ4v) is 2.03. The van der Waals surface area contributed by atoms with Crippen molar-refractivity contribution >= 4 is 11.6 Å². The molecule has 0 spiro atoms. The second-order valence-electron chi connectivity index (χ2n) is 4.38. The molecule has 5 nitrogen and oxygen atoms in total. The second kappa shape index (κ2) is 7.27. The van der Waals surface area contributed by atoms with Crippen LogP contribution in [-0.2, 0) is 9.53 Å². The lowest BCUT2D eigenvalue weighted by molar-refractivity contribution is -0.132. The summed E-state index contributed by atoms with van der Waals surface area (Å²) < 4.78 is 5.20. The average Bonchev–Trinajstić information content (AvgIpc) is 2.34. The Morgan fingerprint density at radius 1 is 1.65 bits per heavy atom. The quantitative estimate of drug-likeness (QED) is 0.451. The molecule has 98 valence electrons. The summed E-state index contributed by atoms with van der Waals surface area (Å²) in [4.78, 5) is 13.7. The topological polar surface area (TPSA) is 62.1 Å². The van der Waals surface area contributed by atoms with Gasteiger partial charge in [0.15, 0.2) is 0 Å². The molecular formula is C12H22N2O3. The van der Waals surface area contributed by atoms with Gasteiger partial charge in [0.25, 0.3) is 0 Å². The highest BCUT2D eigenvalue weighted by atomic mass is 16.5. The third-order valence-corrected chi connectivity index (χ3v) is 3.07. The number of piperidine rings is 1. The molecule has 0 radical (unpaired) electrons. The highest BCUT2D eigenvalue weighted by molar-refractivity contribution is 5.89. The van der Waals surface area contributed by atoms with E-state index in [1.54, 1.807) is 0 Å². The molecule has 1 heterocycles. The van der Waals surface area contributed by atoms with Gasteiger partial charge in [-0.25, -0.2) is 0 Å². The fourth-order valence-electron chi connectivity index (χ4n) is 2.03. The van der Waals surface area contributed by atoms with Crippen LogP contribution in [0.3, 0.4) is 0 Å². The molecule has 0 bridgehead atoms. The summed E-state index contributed by atoms with van der Waals surface area (Å²) in [6.45, 7) is 6.60. The minimum absolute atomic E-state index is 0.157. The first-order valence-electron chi connectivity index (χ1n) is 6.25. The lowest BCUT2D eigenvalue weighted by Crippen LogP contribution is -2.43. The van der Waals surface area contributed by atoms with Crippen molar-refractivity contribution in [1.29, 1.82) is 0 Å². The lowest BCUT2D eigenvalue weighted by atomic mass is 9.97. The minimum atomic E-state index is 0.157. The maximum atomic E-state index is 11.9. The average molecular weight is 242 g/mol. The van der Waals surface area contributed by atoms with Gasteiger partial charge in [-0.05, 0) is 13.3 Å². The van der Waals surface area contributed by atoms with Gasteiger partial charge < -0.3 is 14.8 Å². The van der Waals surface area contributed by atoms with E-state index in [9.17, 15) is 4.79 Å². The van der Waals surface area contributed by atoms with Crippen molar-refractivity contribution in [3.8, 4) is 0 Å². The summed E-state index contributed by atoms with van der Waals surface area (Å²) in [5.41, 5.74) is 0.795. The van der Waals surface area contributed by atoms with Gasteiger partial charge in [-0.15, -0.1) is 0 Å². The van der Waals surface area contributed by atoms with Crippen molar-refractivity contribution in [2.75, 3.05) is 26.3 Å². The first-order chi connectivity index (χ1) is 8.19. The van der Waals surface area contributed by atoms with Crippen LogP contribution >= 0.6 is 0 Å². The first kappa shape index (κ1) is 14.0. The number of likely N-dealkylation sites (tertiary alicyclic amines) is 1. The zero-order valence-corrected chi connectivity index (χ0v) is 10.7. The summed E-state index contributed by atoms with van der Waals surface area (Å²) >= 11 is 0. The van der Waals surface area contributed by atoms with Gasteiger partial charge >= 0.3 is 0 Å². The Kier molecular flexibility index (Phi) is 5.97. The molecule has 0 aromatic heterocycles. The van der Waals surface area contributed by atoms with E-state index in [1.807, 2.05) is 18.7 Å². The number of hydrogen-bond acceptors (Lipinski definition) is 4. The molecule has 1 fully saturated rings. The Morgan fingerprint density at radius 3 is 3.00 bits per heavy atom. The normalized spacial score (nSPS) is 23.1. The van der Waals surface area contributed by atoms with Gasteiger partial charge in [-0.3, -0.25) is 4.79 Å². The monoisotopic (exact) mass is 242 g/mol. The number of amides is 1. The van der Waals surface area contributed by atoms with Crippen LogP contribution in [0.2, 0.25) is 0 Å². The fraction of sp³-hybridized carbons (Fsp3) is 0.833. The Labute approximate surface area is 102 Å². The van der Waals surface area contributed by atoms with Crippen LogP contribution < -0.4 is 0 Å². The van der Waals surface area contributed by atoms with Crippen molar-refractivity contribution in [2.24, 2.45) is 11.1 Å². The standard InChI is InChI=1S/C12H22N2O3/c1-3-17-8-4-5-12(15)14-7-6-11(13-16)10(2)9-14/h10,16H,3-9H2,1-2H3. The molecule has 0 aliphatic carbocycles. The van der Waals surface area contributed by atoms with Gasteiger partial charge in [-0.1, -0.05) is 12.1 Å².